The van der Waals surface area contributed by atoms with Gasteiger partial charge in [0.05, 0.1) is 21.1 Å². The number of rotatable bonds is 5. The zero-order valence-electron chi connectivity index (χ0n) is 10.8. The number of nitrogens with zero attached hydrogens (tertiary/aromatic N) is 1. The lowest BCUT2D eigenvalue weighted by atomic mass is 10.0. The molecule has 0 radical (unpaired) electrons. The van der Waals surface area contributed by atoms with Gasteiger partial charge in [-0.25, -0.2) is 0 Å². The molecule has 0 aliphatic heterocycles. The minimum atomic E-state index is -1.14. The predicted molar refractivity (Wildman–Crippen MR) is 80.9 cm³/mol. The van der Waals surface area contributed by atoms with Crippen molar-refractivity contribution in [3.8, 4) is 0 Å². The van der Waals surface area contributed by atoms with Gasteiger partial charge in [-0.2, -0.15) is 0 Å². The summed E-state index contributed by atoms with van der Waals surface area (Å²) >= 11 is 11.9. The van der Waals surface area contributed by atoms with Crippen molar-refractivity contribution in [2.75, 3.05) is 0 Å². The second-order valence-electron chi connectivity index (χ2n) is 4.55. The summed E-state index contributed by atoms with van der Waals surface area (Å²) in [5.41, 5.74) is 6.11. The molecule has 7 heteroatoms. The number of hydrogen-bond acceptors (Lipinski definition) is 4. The van der Waals surface area contributed by atoms with Gasteiger partial charge in [-0.15, -0.1) is 0 Å². The molecule has 1 atom stereocenters. The molecule has 5 nitrogen and oxygen atoms in total. The highest BCUT2D eigenvalue weighted by atomic mass is 35.5. The number of hydrogen-bond donors (Lipinski definition) is 2. The normalized spacial score (nSPS) is 12.3. The van der Waals surface area contributed by atoms with E-state index in [1.165, 1.54) is 6.20 Å². The number of carboxylic acid groups (broad SMARTS) is 1. The van der Waals surface area contributed by atoms with Crippen LogP contribution in [0.4, 0.5) is 0 Å². The smallest absolute Gasteiger partial charge is 0.320 e. The largest absolute Gasteiger partial charge is 0.480 e. The Labute approximate surface area is 130 Å². The maximum atomic E-state index is 12.3. The van der Waals surface area contributed by atoms with E-state index in [0.717, 1.165) is 0 Å². The molecular formula is C14H12Cl2N2O3. The second-order valence-corrected chi connectivity index (χ2v) is 5.40. The van der Waals surface area contributed by atoms with Crippen LogP contribution in [0.15, 0.2) is 24.4 Å². The van der Waals surface area contributed by atoms with E-state index < -0.39 is 12.0 Å². The first kappa shape index (κ1) is 15.7. The number of carbonyl (C=O) groups excluding carboxylic acids is 1. The van der Waals surface area contributed by atoms with Crippen molar-refractivity contribution in [1.29, 1.82) is 0 Å². The first-order chi connectivity index (χ1) is 9.90. The number of carbonyl (C=O) groups is 2. The van der Waals surface area contributed by atoms with Gasteiger partial charge in [0.2, 0.25) is 0 Å². The number of fused-ring (bicyclic) bond motifs is 1. The third-order valence-electron chi connectivity index (χ3n) is 3.05. The van der Waals surface area contributed by atoms with E-state index in [2.05, 4.69) is 4.98 Å². The van der Waals surface area contributed by atoms with Crippen molar-refractivity contribution in [3.05, 3.63) is 40.0 Å². The molecule has 0 aliphatic carbocycles. The van der Waals surface area contributed by atoms with E-state index in [1.807, 2.05) is 0 Å². The molecule has 0 saturated heterocycles. The maximum Gasteiger partial charge on any atom is 0.320 e. The van der Waals surface area contributed by atoms with Crippen molar-refractivity contribution >= 4 is 45.9 Å². The fourth-order valence-corrected chi connectivity index (χ4v) is 2.37. The molecule has 110 valence electrons. The van der Waals surface area contributed by atoms with Crippen LogP contribution >= 0.6 is 23.2 Å². The molecule has 0 bridgehead atoms. The molecule has 2 rings (SSSR count). The number of aliphatic carboxylic acids is 1. The summed E-state index contributed by atoms with van der Waals surface area (Å²) < 4.78 is 0. The third-order valence-corrected chi connectivity index (χ3v) is 3.57. The van der Waals surface area contributed by atoms with Gasteiger partial charge in [0.25, 0.3) is 0 Å². The highest BCUT2D eigenvalue weighted by Gasteiger charge is 2.19. The summed E-state index contributed by atoms with van der Waals surface area (Å²) in [5, 5.41) is 10.1. The van der Waals surface area contributed by atoms with Crippen molar-refractivity contribution in [3.63, 3.8) is 0 Å². The number of Topliss-reactive ketones (excluding diaryl/α,β-unsaturated/α-hetero) is 1. The Morgan fingerprint density at radius 3 is 2.71 bits per heavy atom. The highest BCUT2D eigenvalue weighted by Crippen LogP contribution is 2.27. The minimum absolute atomic E-state index is 0.0173. The summed E-state index contributed by atoms with van der Waals surface area (Å²) in [6.45, 7) is 0. The predicted octanol–water partition coefficient (Wildman–Crippen LogP) is 2.92. The van der Waals surface area contributed by atoms with Crippen LogP contribution < -0.4 is 5.73 Å². The van der Waals surface area contributed by atoms with Crippen LogP contribution in [0.5, 0.6) is 0 Å². The van der Waals surface area contributed by atoms with Gasteiger partial charge in [0.15, 0.2) is 5.78 Å². The summed E-state index contributed by atoms with van der Waals surface area (Å²) in [4.78, 5) is 27.1. The molecule has 0 saturated carbocycles. The van der Waals surface area contributed by atoms with Crippen molar-refractivity contribution in [1.82, 2.24) is 4.98 Å². The Morgan fingerprint density at radius 2 is 2.05 bits per heavy atom. The van der Waals surface area contributed by atoms with E-state index in [-0.39, 0.29) is 29.2 Å². The molecule has 2 aromatic rings. The molecule has 1 aromatic carbocycles. The van der Waals surface area contributed by atoms with Crippen molar-refractivity contribution < 1.29 is 14.7 Å². The van der Waals surface area contributed by atoms with E-state index >= 15 is 0 Å². The first-order valence-corrected chi connectivity index (χ1v) is 6.91. The Kier molecular flexibility index (Phi) is 4.77. The molecule has 1 heterocycles. The quantitative estimate of drug-likeness (QED) is 0.824. The maximum absolute atomic E-state index is 12.3. The molecule has 1 aromatic heterocycles. The van der Waals surface area contributed by atoms with Gasteiger partial charge >= 0.3 is 5.97 Å². The Bertz CT molecular complexity index is 719. The molecule has 0 amide bonds. The zero-order chi connectivity index (χ0) is 15.6. The number of halogens is 2. The van der Waals surface area contributed by atoms with Gasteiger partial charge in [0, 0.05) is 18.0 Å². The number of ketones is 1. The van der Waals surface area contributed by atoms with Gasteiger partial charge in [-0.05, 0) is 18.6 Å². The second kappa shape index (κ2) is 6.39. The lowest BCUT2D eigenvalue weighted by Crippen LogP contribution is -2.30. The molecular weight excluding hydrogens is 315 g/mol. The fourth-order valence-electron chi connectivity index (χ4n) is 1.95. The SMILES string of the molecule is NC(CCC(=O)c1c(Cl)ccc2cc(Cl)cnc12)C(=O)O. The monoisotopic (exact) mass is 326 g/mol. The average molecular weight is 327 g/mol. The number of benzene rings is 1. The molecule has 1 unspecified atom stereocenters. The summed E-state index contributed by atoms with van der Waals surface area (Å²) in [6.07, 6.45) is 1.45. The summed E-state index contributed by atoms with van der Waals surface area (Å²) in [5.74, 6) is -1.44. The van der Waals surface area contributed by atoms with Crippen LogP contribution in [-0.4, -0.2) is 27.9 Å². The number of aromatic nitrogens is 1. The summed E-state index contributed by atoms with van der Waals surface area (Å²) in [6, 6.07) is 3.91. The van der Waals surface area contributed by atoms with Crippen LogP contribution in [-0.2, 0) is 4.79 Å². The Morgan fingerprint density at radius 1 is 1.33 bits per heavy atom. The van der Waals surface area contributed by atoms with Gasteiger partial charge < -0.3 is 10.8 Å². The molecule has 3 N–H and O–H groups in total. The average Bonchev–Trinajstić information content (AvgIpc) is 2.44. The minimum Gasteiger partial charge on any atom is -0.480 e. The fraction of sp³-hybridized carbons (Fsp3) is 0.214. The lowest BCUT2D eigenvalue weighted by Gasteiger charge is -2.09. The topological polar surface area (TPSA) is 93.3 Å². The third kappa shape index (κ3) is 3.50. The van der Waals surface area contributed by atoms with Crippen molar-refractivity contribution in [2.24, 2.45) is 5.73 Å². The Balaban J connectivity index is 2.34. The first-order valence-electron chi connectivity index (χ1n) is 6.15. The Hall–Kier alpha value is -1.69. The zero-order valence-corrected chi connectivity index (χ0v) is 12.4. The van der Waals surface area contributed by atoms with Crippen molar-refractivity contribution in [2.45, 2.75) is 18.9 Å². The van der Waals surface area contributed by atoms with Crippen LogP contribution in [0.25, 0.3) is 10.9 Å². The number of carboxylic acids is 1. The van der Waals surface area contributed by atoms with E-state index in [0.29, 0.717) is 15.9 Å². The van der Waals surface area contributed by atoms with Gasteiger partial charge in [-0.3, -0.25) is 14.6 Å². The van der Waals surface area contributed by atoms with Crippen LogP contribution in [0.3, 0.4) is 0 Å². The van der Waals surface area contributed by atoms with Gasteiger partial charge in [-0.1, -0.05) is 29.3 Å². The molecule has 21 heavy (non-hydrogen) atoms. The molecule has 0 spiro atoms. The number of pyridine rings is 1. The van der Waals surface area contributed by atoms with E-state index in [1.54, 1.807) is 18.2 Å². The van der Waals surface area contributed by atoms with Crippen LogP contribution in [0, 0.1) is 0 Å². The van der Waals surface area contributed by atoms with E-state index in [4.69, 9.17) is 34.0 Å². The highest BCUT2D eigenvalue weighted by molar-refractivity contribution is 6.36. The summed E-state index contributed by atoms with van der Waals surface area (Å²) in [7, 11) is 0. The van der Waals surface area contributed by atoms with Gasteiger partial charge in [0.1, 0.15) is 6.04 Å². The van der Waals surface area contributed by atoms with Crippen LogP contribution in [0.1, 0.15) is 23.2 Å². The number of nitrogens with two attached hydrogens (primary N) is 1. The van der Waals surface area contributed by atoms with Crippen LogP contribution in [0.2, 0.25) is 10.0 Å². The molecule has 0 aliphatic rings. The standard InChI is InChI=1S/C14H12Cl2N2O3/c15-8-5-7-1-2-9(16)12(13(7)18-6-8)11(19)4-3-10(17)14(20)21/h1-2,5-6,10H,3-4,17H2,(H,20,21). The lowest BCUT2D eigenvalue weighted by molar-refractivity contribution is -0.138. The van der Waals surface area contributed by atoms with E-state index in [9.17, 15) is 9.59 Å². The molecule has 0 fully saturated rings.